The van der Waals surface area contributed by atoms with Gasteiger partial charge in [-0.25, -0.2) is 0 Å². The first-order valence-corrected chi connectivity index (χ1v) is 3.98. The summed E-state index contributed by atoms with van der Waals surface area (Å²) in [6.07, 6.45) is 2.30. The second kappa shape index (κ2) is 3.58. The highest BCUT2D eigenvalue weighted by Gasteiger charge is 2.17. The van der Waals surface area contributed by atoms with E-state index in [1.807, 2.05) is 0 Å². The summed E-state index contributed by atoms with van der Waals surface area (Å²) >= 11 is 0. The van der Waals surface area contributed by atoms with Crippen molar-refractivity contribution in [2.75, 3.05) is 19.6 Å². The molecule has 1 rings (SSSR count). The molecule has 56 valence electrons. The fourth-order valence-electron chi connectivity index (χ4n) is 1.45. The van der Waals surface area contributed by atoms with E-state index >= 15 is 0 Å². The molecular formula is C8H14N2. The van der Waals surface area contributed by atoms with Crippen molar-refractivity contribution in [3.63, 3.8) is 0 Å². The summed E-state index contributed by atoms with van der Waals surface area (Å²) in [5.74, 6) is 0.300. The standard InChI is InChI=1S/C8H14N2/c1-2-10-5-3-4-8(6-9)7-10/h8H,2-5,7H2,1H3/t8-/m1/s1. The van der Waals surface area contributed by atoms with Crippen LogP contribution in [0, 0.1) is 17.2 Å². The lowest BCUT2D eigenvalue weighted by Gasteiger charge is -2.27. The minimum atomic E-state index is 0.300. The van der Waals surface area contributed by atoms with E-state index in [4.69, 9.17) is 5.26 Å². The highest BCUT2D eigenvalue weighted by molar-refractivity contribution is 4.87. The monoisotopic (exact) mass is 138 g/mol. The van der Waals surface area contributed by atoms with Crippen LogP contribution < -0.4 is 0 Å². The number of hydrogen-bond acceptors (Lipinski definition) is 2. The first-order chi connectivity index (χ1) is 4.86. The van der Waals surface area contributed by atoms with E-state index in [9.17, 15) is 0 Å². The predicted molar refractivity (Wildman–Crippen MR) is 40.5 cm³/mol. The minimum Gasteiger partial charge on any atom is -0.302 e. The van der Waals surface area contributed by atoms with Crippen molar-refractivity contribution in [3.05, 3.63) is 0 Å². The van der Waals surface area contributed by atoms with Crippen LogP contribution in [0.1, 0.15) is 19.8 Å². The van der Waals surface area contributed by atoms with Gasteiger partial charge in [-0.15, -0.1) is 0 Å². The third kappa shape index (κ3) is 1.71. The predicted octanol–water partition coefficient (Wildman–Crippen LogP) is 1.24. The van der Waals surface area contributed by atoms with Gasteiger partial charge in [0.05, 0.1) is 12.0 Å². The molecule has 2 nitrogen and oxygen atoms in total. The Hall–Kier alpha value is -0.550. The second-order valence-corrected chi connectivity index (χ2v) is 2.86. The highest BCUT2D eigenvalue weighted by atomic mass is 15.1. The number of hydrogen-bond donors (Lipinski definition) is 0. The Morgan fingerprint density at radius 3 is 3.10 bits per heavy atom. The van der Waals surface area contributed by atoms with Crippen molar-refractivity contribution in [2.24, 2.45) is 5.92 Å². The van der Waals surface area contributed by atoms with E-state index in [1.165, 1.54) is 13.0 Å². The molecule has 10 heavy (non-hydrogen) atoms. The largest absolute Gasteiger partial charge is 0.302 e. The third-order valence-electron chi connectivity index (χ3n) is 2.14. The van der Waals surface area contributed by atoms with Gasteiger partial charge in [-0.05, 0) is 25.9 Å². The van der Waals surface area contributed by atoms with Crippen LogP contribution in [0.5, 0.6) is 0 Å². The second-order valence-electron chi connectivity index (χ2n) is 2.86. The van der Waals surface area contributed by atoms with E-state index < -0.39 is 0 Å². The SMILES string of the molecule is CCN1CCC[C@H](C#N)C1. The van der Waals surface area contributed by atoms with Gasteiger partial charge in [0, 0.05) is 6.54 Å². The van der Waals surface area contributed by atoms with Crippen LogP contribution in [0.2, 0.25) is 0 Å². The first-order valence-electron chi connectivity index (χ1n) is 3.98. The normalized spacial score (nSPS) is 27.8. The Labute approximate surface area is 62.4 Å². The number of rotatable bonds is 1. The molecule has 1 fully saturated rings. The molecule has 0 aromatic carbocycles. The van der Waals surface area contributed by atoms with Crippen molar-refractivity contribution in [3.8, 4) is 6.07 Å². The van der Waals surface area contributed by atoms with Crippen molar-refractivity contribution in [1.82, 2.24) is 4.90 Å². The molecule has 0 amide bonds. The average Bonchev–Trinajstić information content (AvgIpc) is 2.05. The molecule has 0 aromatic rings. The van der Waals surface area contributed by atoms with Gasteiger partial charge in [-0.2, -0.15) is 5.26 Å². The van der Waals surface area contributed by atoms with Gasteiger partial charge in [-0.1, -0.05) is 6.92 Å². The van der Waals surface area contributed by atoms with Gasteiger partial charge in [0.2, 0.25) is 0 Å². The van der Waals surface area contributed by atoms with Crippen molar-refractivity contribution >= 4 is 0 Å². The van der Waals surface area contributed by atoms with Gasteiger partial charge >= 0.3 is 0 Å². The summed E-state index contributed by atoms with van der Waals surface area (Å²) in [4.78, 5) is 2.34. The summed E-state index contributed by atoms with van der Waals surface area (Å²) < 4.78 is 0. The van der Waals surface area contributed by atoms with Gasteiger partial charge in [0.25, 0.3) is 0 Å². The highest BCUT2D eigenvalue weighted by Crippen LogP contribution is 2.14. The minimum absolute atomic E-state index is 0.300. The molecule has 1 atom stereocenters. The first kappa shape index (κ1) is 7.56. The zero-order valence-corrected chi connectivity index (χ0v) is 6.51. The number of nitriles is 1. The average molecular weight is 138 g/mol. The van der Waals surface area contributed by atoms with Gasteiger partial charge in [-0.3, -0.25) is 0 Å². The summed E-state index contributed by atoms with van der Waals surface area (Å²) in [6, 6.07) is 2.33. The lowest BCUT2D eigenvalue weighted by atomic mass is 10.00. The van der Waals surface area contributed by atoms with Gasteiger partial charge < -0.3 is 4.90 Å². The molecule has 0 saturated carbocycles. The fraction of sp³-hybridized carbons (Fsp3) is 0.875. The van der Waals surface area contributed by atoms with Crippen molar-refractivity contribution < 1.29 is 0 Å². The molecule has 1 aliphatic rings. The Bertz CT molecular complexity index is 137. The van der Waals surface area contributed by atoms with Crippen LogP contribution >= 0.6 is 0 Å². The van der Waals surface area contributed by atoms with Gasteiger partial charge in [0.15, 0.2) is 0 Å². The van der Waals surface area contributed by atoms with Gasteiger partial charge in [0.1, 0.15) is 0 Å². The number of likely N-dealkylation sites (tertiary alicyclic amines) is 1. The molecule has 0 aromatic heterocycles. The Morgan fingerprint density at radius 2 is 2.50 bits per heavy atom. The molecule has 0 bridgehead atoms. The zero-order valence-electron chi connectivity index (χ0n) is 6.51. The molecule has 1 heterocycles. The van der Waals surface area contributed by atoms with E-state index in [-0.39, 0.29) is 0 Å². The molecule has 1 saturated heterocycles. The fourth-order valence-corrected chi connectivity index (χ4v) is 1.45. The smallest absolute Gasteiger partial charge is 0.0669 e. The van der Waals surface area contributed by atoms with Crippen LogP contribution in [-0.4, -0.2) is 24.5 Å². The molecule has 0 spiro atoms. The maximum absolute atomic E-state index is 8.63. The third-order valence-corrected chi connectivity index (χ3v) is 2.14. The lowest BCUT2D eigenvalue weighted by molar-refractivity contribution is 0.209. The van der Waals surface area contributed by atoms with Crippen LogP contribution in [-0.2, 0) is 0 Å². The molecule has 0 unspecified atom stereocenters. The summed E-state index contributed by atoms with van der Waals surface area (Å²) in [6.45, 7) is 5.43. The zero-order chi connectivity index (χ0) is 7.40. The summed E-state index contributed by atoms with van der Waals surface area (Å²) in [7, 11) is 0. The quantitative estimate of drug-likeness (QED) is 0.545. The van der Waals surface area contributed by atoms with Crippen molar-refractivity contribution in [2.45, 2.75) is 19.8 Å². The van der Waals surface area contributed by atoms with E-state index in [1.54, 1.807) is 0 Å². The maximum atomic E-state index is 8.63. The Morgan fingerprint density at radius 1 is 1.70 bits per heavy atom. The van der Waals surface area contributed by atoms with E-state index in [0.717, 1.165) is 19.5 Å². The molecule has 0 N–H and O–H groups in total. The maximum Gasteiger partial charge on any atom is 0.0669 e. The molecule has 2 heteroatoms. The van der Waals surface area contributed by atoms with Crippen molar-refractivity contribution in [1.29, 1.82) is 5.26 Å². The Balaban J connectivity index is 2.33. The lowest BCUT2D eigenvalue weighted by Crippen LogP contribution is -2.34. The Kier molecular flexibility index (Phi) is 2.70. The summed E-state index contributed by atoms with van der Waals surface area (Å²) in [5.41, 5.74) is 0. The molecule has 1 aliphatic heterocycles. The summed E-state index contributed by atoms with van der Waals surface area (Å²) in [5, 5.41) is 8.63. The topological polar surface area (TPSA) is 27.0 Å². The number of nitrogens with zero attached hydrogens (tertiary/aromatic N) is 2. The van der Waals surface area contributed by atoms with E-state index in [0.29, 0.717) is 5.92 Å². The van der Waals surface area contributed by atoms with Crippen LogP contribution in [0.3, 0.4) is 0 Å². The van der Waals surface area contributed by atoms with Crippen LogP contribution in [0.4, 0.5) is 0 Å². The molecule has 0 radical (unpaired) electrons. The molecule has 0 aliphatic carbocycles. The van der Waals surface area contributed by atoms with E-state index in [2.05, 4.69) is 17.9 Å². The number of piperidine rings is 1. The van der Waals surface area contributed by atoms with Crippen LogP contribution in [0.15, 0.2) is 0 Å². The molecular weight excluding hydrogens is 124 g/mol. The van der Waals surface area contributed by atoms with Crippen LogP contribution in [0.25, 0.3) is 0 Å².